The number of aliphatic imine (C=N–C) groups is 1. The summed E-state index contributed by atoms with van der Waals surface area (Å²) in [7, 11) is 0. The molecule has 2 aromatic carbocycles. The van der Waals surface area contributed by atoms with Crippen LogP contribution in [0, 0.1) is 6.92 Å². The number of carbonyl (C=O) groups is 1. The highest BCUT2D eigenvalue weighted by molar-refractivity contribution is 8.15. The minimum absolute atomic E-state index is 0.163. The fourth-order valence-corrected chi connectivity index (χ4v) is 4.01. The Balaban J connectivity index is 1.29. The van der Waals surface area contributed by atoms with E-state index in [0.717, 1.165) is 28.3 Å². The van der Waals surface area contributed by atoms with Gasteiger partial charge in [-0.3, -0.25) is 4.79 Å². The van der Waals surface area contributed by atoms with Crippen LogP contribution >= 0.6 is 11.8 Å². The van der Waals surface area contributed by atoms with Crippen LogP contribution in [0.3, 0.4) is 0 Å². The third kappa shape index (κ3) is 4.68. The number of nitrogens with two attached hydrogens (primary N) is 1. The Morgan fingerprint density at radius 1 is 1.14 bits per heavy atom. The molecule has 0 aliphatic carbocycles. The molecule has 0 spiro atoms. The molecule has 2 N–H and O–H groups in total. The highest BCUT2D eigenvalue weighted by Gasteiger charge is 2.26. The summed E-state index contributed by atoms with van der Waals surface area (Å²) in [4.78, 5) is 20.1. The van der Waals surface area contributed by atoms with Crippen LogP contribution < -0.4 is 10.5 Å². The average molecular weight is 407 g/mol. The normalized spacial score (nSPS) is 16.1. The van der Waals surface area contributed by atoms with Crippen molar-refractivity contribution in [2.45, 2.75) is 25.0 Å². The molecule has 2 heterocycles. The van der Waals surface area contributed by atoms with E-state index in [1.54, 1.807) is 0 Å². The van der Waals surface area contributed by atoms with Crippen molar-refractivity contribution < 1.29 is 13.9 Å². The molecule has 1 amide bonds. The van der Waals surface area contributed by atoms with E-state index in [-0.39, 0.29) is 11.2 Å². The summed E-state index contributed by atoms with van der Waals surface area (Å²) in [5.74, 6) is 2.07. The molecule has 3 aromatic rings. The van der Waals surface area contributed by atoms with Crippen LogP contribution in [0.4, 0.5) is 0 Å². The minimum atomic E-state index is -0.228. The zero-order valence-electron chi connectivity index (χ0n) is 16.0. The summed E-state index contributed by atoms with van der Waals surface area (Å²) in [6.45, 7) is 2.39. The molecule has 1 aliphatic rings. The summed E-state index contributed by atoms with van der Waals surface area (Å²) in [6.07, 6.45) is 1.19. The Morgan fingerprint density at radius 3 is 2.59 bits per heavy atom. The second-order valence-corrected chi connectivity index (χ2v) is 7.94. The topological polar surface area (TPSA) is 90.7 Å². The lowest BCUT2D eigenvalue weighted by Crippen LogP contribution is -2.14. The van der Waals surface area contributed by atoms with E-state index in [4.69, 9.17) is 14.9 Å². The molecule has 0 bridgehead atoms. The van der Waals surface area contributed by atoms with Crippen LogP contribution in [0.1, 0.15) is 17.2 Å². The number of carbonyl (C=O) groups excluding carboxylic acids is 1. The van der Waals surface area contributed by atoms with Gasteiger partial charge < -0.3 is 14.9 Å². The van der Waals surface area contributed by atoms with Gasteiger partial charge in [0.2, 0.25) is 0 Å². The molecule has 0 saturated carbocycles. The van der Waals surface area contributed by atoms with Crippen molar-refractivity contribution in [2.24, 2.45) is 10.7 Å². The van der Waals surface area contributed by atoms with Gasteiger partial charge in [-0.1, -0.05) is 54.2 Å². The summed E-state index contributed by atoms with van der Waals surface area (Å²) in [5.41, 5.74) is 8.56. The van der Waals surface area contributed by atoms with Crippen LogP contribution in [-0.2, 0) is 17.6 Å². The number of rotatable bonds is 7. The molecule has 6 nitrogen and oxygen atoms in total. The van der Waals surface area contributed by atoms with Gasteiger partial charge in [0.25, 0.3) is 5.91 Å². The first-order valence-electron chi connectivity index (χ1n) is 9.36. The van der Waals surface area contributed by atoms with Gasteiger partial charge in [-0.25, -0.2) is 4.98 Å². The summed E-state index contributed by atoms with van der Waals surface area (Å²) in [6, 6.07) is 17.7. The van der Waals surface area contributed by atoms with Gasteiger partial charge in [0, 0.05) is 5.56 Å². The maximum atomic E-state index is 11.7. The number of aromatic nitrogens is 1. The van der Waals surface area contributed by atoms with Gasteiger partial charge in [0.1, 0.15) is 17.2 Å². The van der Waals surface area contributed by atoms with Gasteiger partial charge in [-0.2, -0.15) is 4.99 Å². The molecule has 0 saturated heterocycles. The number of benzene rings is 2. The lowest BCUT2D eigenvalue weighted by atomic mass is 10.1. The molecule has 29 heavy (non-hydrogen) atoms. The molecule has 1 atom stereocenters. The fraction of sp³-hybridized carbons (Fsp3) is 0.227. The van der Waals surface area contributed by atoms with Gasteiger partial charge in [0.15, 0.2) is 11.1 Å². The largest absolute Gasteiger partial charge is 0.493 e. The van der Waals surface area contributed by atoms with Crippen molar-refractivity contribution in [3.05, 3.63) is 71.8 Å². The third-order valence-corrected chi connectivity index (χ3v) is 5.56. The Labute approximate surface area is 173 Å². The van der Waals surface area contributed by atoms with E-state index in [1.165, 1.54) is 11.8 Å². The number of oxazole rings is 1. The fourth-order valence-electron chi connectivity index (χ4n) is 3.15. The van der Waals surface area contributed by atoms with Crippen LogP contribution in [0.15, 0.2) is 64.0 Å². The van der Waals surface area contributed by atoms with Crippen LogP contribution in [0.25, 0.3) is 11.3 Å². The number of nitrogens with zero attached hydrogens (tertiary/aromatic N) is 2. The molecule has 7 heteroatoms. The zero-order chi connectivity index (χ0) is 20.2. The molecular weight excluding hydrogens is 386 g/mol. The second-order valence-electron chi connectivity index (χ2n) is 6.72. The van der Waals surface area contributed by atoms with Gasteiger partial charge in [0.05, 0.1) is 18.3 Å². The molecule has 1 unspecified atom stereocenters. The smallest absolute Gasteiger partial charge is 0.261 e. The standard InChI is InChI=1S/C22H21N3O3S/c1-14-20(16-5-3-2-4-6-16)24-19(28-14)11-12-27-17-9-7-15(8-10-17)13-18-21(26)25-22(23)29-18/h2-10,18H,11-13H2,1H3,(H2,23,25,26). The van der Waals surface area contributed by atoms with Gasteiger partial charge >= 0.3 is 0 Å². The number of aryl methyl sites for hydroxylation is 1. The molecule has 1 aliphatic heterocycles. The highest BCUT2D eigenvalue weighted by atomic mass is 32.2. The Kier molecular flexibility index (Phi) is 5.67. The molecule has 0 radical (unpaired) electrons. The number of thioether (sulfide) groups is 1. The van der Waals surface area contributed by atoms with E-state index in [1.807, 2.05) is 61.5 Å². The maximum absolute atomic E-state index is 11.7. The molecule has 4 rings (SSSR count). The van der Waals surface area contributed by atoms with Crippen molar-refractivity contribution in [1.29, 1.82) is 0 Å². The highest BCUT2D eigenvalue weighted by Crippen LogP contribution is 2.25. The van der Waals surface area contributed by atoms with Gasteiger partial charge in [-0.15, -0.1) is 0 Å². The zero-order valence-corrected chi connectivity index (χ0v) is 16.8. The average Bonchev–Trinajstić information content (AvgIpc) is 3.25. The summed E-state index contributed by atoms with van der Waals surface area (Å²) in [5, 5.41) is 0.117. The van der Waals surface area contributed by atoms with E-state index in [2.05, 4.69) is 9.98 Å². The second kappa shape index (κ2) is 8.53. The van der Waals surface area contributed by atoms with Crippen molar-refractivity contribution in [3.63, 3.8) is 0 Å². The molecule has 148 valence electrons. The van der Waals surface area contributed by atoms with Crippen LogP contribution in [0.2, 0.25) is 0 Å². The van der Waals surface area contributed by atoms with Crippen molar-refractivity contribution in [1.82, 2.24) is 4.98 Å². The first-order chi connectivity index (χ1) is 14.1. The lowest BCUT2D eigenvalue weighted by molar-refractivity contribution is -0.117. The number of hydrogen-bond donors (Lipinski definition) is 1. The number of hydrogen-bond acceptors (Lipinski definition) is 6. The first kappa shape index (κ1) is 19.3. The third-order valence-electron chi connectivity index (χ3n) is 4.58. The predicted octanol–water partition coefficient (Wildman–Crippen LogP) is 3.77. The minimum Gasteiger partial charge on any atom is -0.493 e. The molecule has 1 aromatic heterocycles. The molecule has 0 fully saturated rings. The van der Waals surface area contributed by atoms with Crippen molar-refractivity contribution in [3.8, 4) is 17.0 Å². The van der Waals surface area contributed by atoms with E-state index >= 15 is 0 Å². The number of ether oxygens (including phenoxy) is 1. The lowest BCUT2D eigenvalue weighted by Gasteiger charge is -2.08. The number of amides is 1. The predicted molar refractivity (Wildman–Crippen MR) is 114 cm³/mol. The SMILES string of the molecule is Cc1oc(CCOc2ccc(CC3SC(N)=NC3=O)cc2)nc1-c1ccccc1. The number of amidine groups is 1. The first-order valence-corrected chi connectivity index (χ1v) is 10.2. The van der Waals surface area contributed by atoms with Crippen LogP contribution in [0.5, 0.6) is 5.75 Å². The van der Waals surface area contributed by atoms with E-state index in [0.29, 0.717) is 30.5 Å². The Morgan fingerprint density at radius 2 is 1.90 bits per heavy atom. The van der Waals surface area contributed by atoms with E-state index in [9.17, 15) is 4.79 Å². The monoisotopic (exact) mass is 407 g/mol. The Bertz CT molecular complexity index is 1030. The summed E-state index contributed by atoms with van der Waals surface area (Å²) < 4.78 is 11.6. The van der Waals surface area contributed by atoms with Gasteiger partial charge in [-0.05, 0) is 31.0 Å². The van der Waals surface area contributed by atoms with E-state index < -0.39 is 0 Å². The maximum Gasteiger partial charge on any atom is 0.261 e. The molecular formula is C22H21N3O3S. The quantitative estimate of drug-likeness (QED) is 0.641. The Hall–Kier alpha value is -3.06. The van der Waals surface area contributed by atoms with Crippen molar-refractivity contribution >= 4 is 22.8 Å². The summed E-state index contributed by atoms with van der Waals surface area (Å²) >= 11 is 1.32. The van der Waals surface area contributed by atoms with Crippen molar-refractivity contribution in [2.75, 3.05) is 6.61 Å². The van der Waals surface area contributed by atoms with Crippen LogP contribution in [-0.4, -0.2) is 27.9 Å².